The van der Waals surface area contributed by atoms with Crippen LogP contribution in [0.1, 0.15) is 141 Å². The van der Waals surface area contributed by atoms with E-state index in [4.69, 9.17) is 75.3 Å². The minimum atomic E-state index is -0.955. The monoisotopic (exact) mass is 1290 g/mol. The Kier molecular flexibility index (Phi) is 30.6. The zero-order chi connectivity index (χ0) is 62.5. The number of alkyl halides is 2. The van der Waals surface area contributed by atoms with Gasteiger partial charge in [0.1, 0.15) is 43.0 Å². The Balaban J connectivity index is 0.976. The number of esters is 10. The van der Waals surface area contributed by atoms with Crippen LogP contribution in [-0.4, -0.2) is 137 Å². The maximum atomic E-state index is 13.9. The first-order valence-corrected chi connectivity index (χ1v) is 32.6. The Bertz CT molecular complexity index is 2490. The van der Waals surface area contributed by atoms with E-state index in [1.807, 2.05) is 6.07 Å². The average molecular weight is 1300 g/mol. The molecule has 4 fully saturated rings. The van der Waals surface area contributed by atoms with Gasteiger partial charge in [-0.2, -0.15) is 5.26 Å². The molecule has 26 heteroatoms. The summed E-state index contributed by atoms with van der Waals surface area (Å²) in [5, 5.41) is 10.2. The third-order valence-corrected chi connectivity index (χ3v) is 18.5. The van der Waals surface area contributed by atoms with Crippen molar-refractivity contribution in [3.8, 4) is 17.6 Å². The van der Waals surface area contributed by atoms with Gasteiger partial charge in [0.25, 0.3) is 0 Å². The van der Waals surface area contributed by atoms with E-state index in [1.165, 1.54) is 12.1 Å². The van der Waals surface area contributed by atoms with Crippen molar-refractivity contribution in [1.29, 1.82) is 5.26 Å². The lowest BCUT2D eigenvalue weighted by Crippen LogP contribution is -2.33. The van der Waals surface area contributed by atoms with Crippen LogP contribution in [0.3, 0.4) is 0 Å². The average Bonchev–Trinajstić information content (AvgIpc) is 2.23. The van der Waals surface area contributed by atoms with E-state index >= 15 is 0 Å². The van der Waals surface area contributed by atoms with Gasteiger partial charge in [0.05, 0.1) is 102 Å². The van der Waals surface area contributed by atoms with Gasteiger partial charge in [0, 0.05) is 17.8 Å². The number of unbranched alkanes of at least 4 members (excludes halogenated alkanes) is 2. The normalized spacial score (nSPS) is 22.3. The standard InChI is InChI=1S/C61H77Cl2NO21S2/c1-2-49(65)78-35-33-75-34-36-81-60(74)46(37-64)61-86-52-47(84-58(72)42-15-19-44(20-16-42)82-56(70)40-11-7-38(8-12-40)54(68)79-31-5-3-29-76-50(66)25-27-62)23-24-48(53(52)87-61)85-59(73)43-17-21-45(22-18-43)83-57(71)41-13-9-39(10-14-41)55(69)80-32-6-4-30-77-51(67)26-28-63/h2,23-24,38-45H,1,3-22,25-36H2. The van der Waals surface area contributed by atoms with Crippen molar-refractivity contribution in [1.82, 2.24) is 0 Å². The number of nitriles is 1. The van der Waals surface area contributed by atoms with E-state index in [-0.39, 0.29) is 158 Å². The van der Waals surface area contributed by atoms with Crippen molar-refractivity contribution in [2.24, 2.45) is 35.5 Å². The zero-order valence-electron chi connectivity index (χ0n) is 48.8. The van der Waals surface area contributed by atoms with Gasteiger partial charge in [-0.3, -0.25) is 38.4 Å². The van der Waals surface area contributed by atoms with E-state index in [1.54, 1.807) is 0 Å². The highest BCUT2D eigenvalue weighted by Gasteiger charge is 2.39. The van der Waals surface area contributed by atoms with E-state index in [9.17, 15) is 53.2 Å². The van der Waals surface area contributed by atoms with Crippen LogP contribution in [0.2, 0.25) is 0 Å². The number of hydrogen-bond donors (Lipinski definition) is 0. The number of ether oxygens (including phenoxy) is 11. The van der Waals surface area contributed by atoms with Gasteiger partial charge in [-0.25, -0.2) is 9.59 Å². The SMILES string of the molecule is C=CC(=O)OCCOCCOC(=O)C(C#N)=C1Sc2c(OC(=O)C3CCC(OC(=O)C4CCC(C(=O)OCCCCOC(=O)CCCl)CC4)CC3)ccc(OC(=O)C3CCC(OC(=O)C4CCC(C(=O)OCCCCOC(=O)CCCl)CC4)CC3)c2S1. The van der Waals surface area contributed by atoms with Crippen LogP contribution >= 0.6 is 46.7 Å². The number of halogens is 2. The minimum Gasteiger partial charge on any atom is -0.466 e. The molecule has 0 bridgehead atoms. The van der Waals surface area contributed by atoms with Crippen LogP contribution in [0.25, 0.3) is 0 Å². The van der Waals surface area contributed by atoms with Crippen molar-refractivity contribution >= 4 is 106 Å². The molecule has 5 aliphatic rings. The van der Waals surface area contributed by atoms with Gasteiger partial charge in [0.2, 0.25) is 0 Å². The number of hydrogen-bond acceptors (Lipinski definition) is 24. The smallest absolute Gasteiger partial charge is 0.350 e. The summed E-state index contributed by atoms with van der Waals surface area (Å²) in [5.41, 5.74) is -0.352. The van der Waals surface area contributed by atoms with Crippen LogP contribution < -0.4 is 9.47 Å². The summed E-state index contributed by atoms with van der Waals surface area (Å²) < 4.78 is 60.6. The van der Waals surface area contributed by atoms with Crippen LogP contribution in [0.4, 0.5) is 0 Å². The number of fused-ring (bicyclic) bond motifs is 1. The molecule has 87 heavy (non-hydrogen) atoms. The highest BCUT2D eigenvalue weighted by molar-refractivity contribution is 8.24. The van der Waals surface area contributed by atoms with E-state index in [0.29, 0.717) is 138 Å². The number of rotatable bonds is 32. The molecule has 4 saturated carbocycles. The quantitative estimate of drug-likeness (QED) is 0.0123. The molecule has 0 N–H and O–H groups in total. The van der Waals surface area contributed by atoms with Crippen molar-refractivity contribution in [3.63, 3.8) is 0 Å². The van der Waals surface area contributed by atoms with Gasteiger partial charge in [-0.15, -0.1) is 23.2 Å². The van der Waals surface area contributed by atoms with Gasteiger partial charge >= 0.3 is 59.7 Å². The molecule has 1 aromatic carbocycles. The number of carbonyl (C=O) groups is 10. The highest BCUT2D eigenvalue weighted by Crippen LogP contribution is 2.59. The predicted molar refractivity (Wildman–Crippen MR) is 313 cm³/mol. The molecule has 1 aliphatic heterocycles. The largest absolute Gasteiger partial charge is 0.466 e. The van der Waals surface area contributed by atoms with E-state index in [0.717, 1.165) is 29.6 Å². The van der Waals surface area contributed by atoms with Crippen LogP contribution in [0.5, 0.6) is 11.5 Å². The summed E-state index contributed by atoms with van der Waals surface area (Å²) in [6, 6.07) is 4.88. The lowest BCUT2D eigenvalue weighted by Gasteiger charge is -2.30. The number of carbonyl (C=O) groups excluding carboxylic acids is 10. The third kappa shape index (κ3) is 23.2. The molecule has 22 nitrogen and oxygen atoms in total. The zero-order valence-corrected chi connectivity index (χ0v) is 51.9. The summed E-state index contributed by atoms with van der Waals surface area (Å²) >= 11 is 13.0. The molecule has 0 atom stereocenters. The minimum absolute atomic E-state index is 0.0234. The second-order valence-electron chi connectivity index (χ2n) is 21.6. The number of benzene rings is 1. The van der Waals surface area contributed by atoms with Gasteiger partial charge in [0.15, 0.2) is 5.57 Å². The molecule has 0 spiro atoms. The van der Waals surface area contributed by atoms with Crippen molar-refractivity contribution < 1.29 is 100 Å². The molecule has 1 aromatic rings. The second-order valence-corrected chi connectivity index (χ2v) is 24.7. The van der Waals surface area contributed by atoms with Crippen molar-refractivity contribution in [3.05, 3.63) is 34.6 Å². The molecule has 478 valence electrons. The fourth-order valence-electron chi connectivity index (χ4n) is 10.5. The fraction of sp³-hybridized carbons (Fsp3) is 0.656. The molecule has 0 aromatic heterocycles. The first kappa shape index (κ1) is 70.2. The molecule has 6 rings (SSSR count). The summed E-state index contributed by atoms with van der Waals surface area (Å²) in [5.74, 6) is -6.55. The maximum absolute atomic E-state index is 13.9. The number of nitrogens with zero attached hydrogens (tertiary/aromatic N) is 1. The Morgan fingerprint density at radius 3 is 1.21 bits per heavy atom. The van der Waals surface area contributed by atoms with Gasteiger partial charge in [-0.05, 0) is 141 Å². The van der Waals surface area contributed by atoms with E-state index in [2.05, 4.69) is 6.58 Å². The van der Waals surface area contributed by atoms with Crippen molar-refractivity contribution in [2.45, 2.75) is 163 Å². The van der Waals surface area contributed by atoms with E-state index < -0.39 is 47.9 Å². The lowest BCUT2D eigenvalue weighted by molar-refractivity contribution is -0.161. The molecule has 0 unspecified atom stereocenters. The predicted octanol–water partition coefficient (Wildman–Crippen LogP) is 9.53. The lowest BCUT2D eigenvalue weighted by atomic mass is 9.82. The molecule has 0 amide bonds. The van der Waals surface area contributed by atoms with Crippen LogP contribution in [0.15, 0.2) is 44.4 Å². The van der Waals surface area contributed by atoms with Crippen LogP contribution in [-0.2, 0) is 90.6 Å². The number of thioether (sulfide) groups is 2. The Morgan fingerprint density at radius 2 is 0.828 bits per heavy atom. The topological polar surface area (TPSA) is 296 Å². The molecular weight excluding hydrogens is 1220 g/mol. The first-order chi connectivity index (χ1) is 42.1. The molecular formula is C61H77Cl2NO21S2. The molecule has 0 radical (unpaired) electrons. The van der Waals surface area contributed by atoms with Gasteiger partial charge in [-0.1, -0.05) is 30.1 Å². The first-order valence-electron chi connectivity index (χ1n) is 29.9. The third-order valence-electron chi connectivity index (χ3n) is 15.5. The van der Waals surface area contributed by atoms with Crippen LogP contribution in [0, 0.1) is 46.8 Å². The Hall–Kier alpha value is -5.87. The molecule has 0 saturated heterocycles. The summed E-state index contributed by atoms with van der Waals surface area (Å²) in [6.45, 7) is 3.87. The molecule has 1 heterocycles. The summed E-state index contributed by atoms with van der Waals surface area (Å²) in [7, 11) is 0. The second kappa shape index (κ2) is 37.9. The van der Waals surface area contributed by atoms with Gasteiger partial charge < -0.3 is 52.1 Å². The summed E-state index contributed by atoms with van der Waals surface area (Å²) in [6.07, 6.45) is 9.66. The summed E-state index contributed by atoms with van der Waals surface area (Å²) in [4.78, 5) is 128. The van der Waals surface area contributed by atoms with Crippen molar-refractivity contribution in [2.75, 3.05) is 64.6 Å². The Labute approximate surface area is 524 Å². The maximum Gasteiger partial charge on any atom is 0.350 e. The molecule has 4 aliphatic carbocycles. The Morgan fingerprint density at radius 1 is 0.471 bits per heavy atom. The highest BCUT2D eigenvalue weighted by atomic mass is 35.5. The fourth-order valence-corrected chi connectivity index (χ4v) is 13.4.